The standard InChI is InChI=1S/C24H34N4O3/c1-5-7-13-28(6-2)17-20-10-8-9-19(14-20)16-25-24(30)27-21-11-12-22(26-18(3)29)23(15-21)31-4/h8-12,14-15H,5-7,13,16-17H2,1-4H3,(H,26,29)(H2,25,27,30). The molecule has 3 amide bonds. The normalized spacial score (nSPS) is 10.6. The van der Waals surface area contributed by atoms with Crippen molar-refractivity contribution in [1.29, 1.82) is 0 Å². The number of carbonyl (C=O) groups excluding carboxylic acids is 2. The first kappa shape index (κ1) is 24.2. The second kappa shape index (κ2) is 12.6. The molecule has 0 unspecified atom stereocenters. The van der Waals surface area contributed by atoms with Crippen LogP contribution >= 0.6 is 0 Å². The Morgan fingerprint density at radius 1 is 1.03 bits per heavy atom. The van der Waals surface area contributed by atoms with E-state index in [1.165, 1.54) is 32.4 Å². The van der Waals surface area contributed by atoms with Gasteiger partial charge in [0.2, 0.25) is 5.91 Å². The average molecular weight is 427 g/mol. The molecule has 0 heterocycles. The number of nitrogens with one attached hydrogen (secondary N) is 3. The minimum atomic E-state index is -0.308. The molecular weight excluding hydrogens is 392 g/mol. The van der Waals surface area contributed by atoms with Crippen molar-refractivity contribution in [2.45, 2.75) is 46.7 Å². The van der Waals surface area contributed by atoms with Gasteiger partial charge in [-0.1, -0.05) is 44.5 Å². The summed E-state index contributed by atoms with van der Waals surface area (Å²) in [7, 11) is 1.51. The van der Waals surface area contributed by atoms with E-state index in [1.54, 1.807) is 18.2 Å². The maximum Gasteiger partial charge on any atom is 0.319 e. The fourth-order valence-electron chi connectivity index (χ4n) is 3.25. The second-order valence-corrected chi connectivity index (χ2v) is 7.45. The maximum absolute atomic E-state index is 12.3. The average Bonchev–Trinajstić information content (AvgIpc) is 2.76. The summed E-state index contributed by atoms with van der Waals surface area (Å²) in [4.78, 5) is 26.0. The molecule has 0 saturated carbocycles. The van der Waals surface area contributed by atoms with E-state index in [0.717, 1.165) is 25.2 Å². The molecule has 7 heteroatoms. The van der Waals surface area contributed by atoms with Gasteiger partial charge in [0.1, 0.15) is 5.75 Å². The molecule has 2 aromatic rings. The molecule has 0 radical (unpaired) electrons. The van der Waals surface area contributed by atoms with Gasteiger partial charge in [-0.05, 0) is 42.8 Å². The highest BCUT2D eigenvalue weighted by Crippen LogP contribution is 2.27. The fourth-order valence-corrected chi connectivity index (χ4v) is 3.25. The third-order valence-electron chi connectivity index (χ3n) is 4.90. The number of urea groups is 1. The maximum atomic E-state index is 12.3. The minimum absolute atomic E-state index is 0.189. The molecule has 0 aromatic heterocycles. The highest BCUT2D eigenvalue weighted by atomic mass is 16.5. The first-order chi connectivity index (χ1) is 14.9. The molecule has 0 spiro atoms. The van der Waals surface area contributed by atoms with Crippen LogP contribution in [0.15, 0.2) is 42.5 Å². The first-order valence-corrected chi connectivity index (χ1v) is 10.8. The molecule has 2 rings (SSSR count). The summed E-state index contributed by atoms with van der Waals surface area (Å²) in [6, 6.07) is 13.1. The number of unbranched alkanes of at least 4 members (excludes halogenated alkanes) is 1. The highest BCUT2D eigenvalue weighted by Gasteiger charge is 2.09. The summed E-state index contributed by atoms with van der Waals surface area (Å²) in [6.45, 7) is 9.29. The van der Waals surface area contributed by atoms with Crippen molar-refractivity contribution in [2.24, 2.45) is 0 Å². The van der Waals surface area contributed by atoms with E-state index in [4.69, 9.17) is 4.74 Å². The molecule has 7 nitrogen and oxygen atoms in total. The monoisotopic (exact) mass is 426 g/mol. The third kappa shape index (κ3) is 8.30. The SMILES string of the molecule is CCCCN(CC)Cc1cccc(CNC(=O)Nc2ccc(NC(C)=O)c(OC)c2)c1. The van der Waals surface area contributed by atoms with Crippen LogP contribution in [0.3, 0.4) is 0 Å². The molecule has 0 atom stereocenters. The number of benzene rings is 2. The van der Waals surface area contributed by atoms with Crippen LogP contribution in [0.4, 0.5) is 16.2 Å². The zero-order valence-electron chi connectivity index (χ0n) is 19.0. The van der Waals surface area contributed by atoms with Crippen LogP contribution in [0, 0.1) is 0 Å². The second-order valence-electron chi connectivity index (χ2n) is 7.45. The Morgan fingerprint density at radius 2 is 1.81 bits per heavy atom. The summed E-state index contributed by atoms with van der Waals surface area (Å²) >= 11 is 0. The number of amides is 3. The number of nitrogens with zero attached hydrogens (tertiary/aromatic N) is 1. The topological polar surface area (TPSA) is 82.7 Å². The van der Waals surface area contributed by atoms with E-state index < -0.39 is 0 Å². The smallest absolute Gasteiger partial charge is 0.319 e. The van der Waals surface area contributed by atoms with E-state index in [0.29, 0.717) is 23.7 Å². The zero-order chi connectivity index (χ0) is 22.6. The van der Waals surface area contributed by atoms with Crippen molar-refractivity contribution in [3.05, 3.63) is 53.6 Å². The van der Waals surface area contributed by atoms with Crippen LogP contribution in [0.1, 0.15) is 44.7 Å². The van der Waals surface area contributed by atoms with Crippen molar-refractivity contribution in [3.8, 4) is 5.75 Å². The van der Waals surface area contributed by atoms with Gasteiger partial charge in [0.15, 0.2) is 0 Å². The van der Waals surface area contributed by atoms with Crippen LogP contribution in [-0.4, -0.2) is 37.0 Å². The first-order valence-electron chi connectivity index (χ1n) is 10.8. The van der Waals surface area contributed by atoms with Gasteiger partial charge in [-0.3, -0.25) is 9.69 Å². The van der Waals surface area contributed by atoms with Crippen molar-refractivity contribution in [2.75, 3.05) is 30.8 Å². The number of rotatable bonds is 11. The number of anilines is 2. The van der Waals surface area contributed by atoms with Gasteiger partial charge in [-0.25, -0.2) is 4.79 Å². The van der Waals surface area contributed by atoms with Gasteiger partial charge in [-0.2, -0.15) is 0 Å². The molecule has 0 aliphatic rings. The third-order valence-corrected chi connectivity index (χ3v) is 4.90. The molecule has 0 aliphatic carbocycles. The van der Waals surface area contributed by atoms with E-state index in [1.807, 2.05) is 12.1 Å². The Morgan fingerprint density at radius 3 is 2.48 bits per heavy atom. The number of methoxy groups -OCH3 is 1. The summed E-state index contributed by atoms with van der Waals surface area (Å²) in [6.07, 6.45) is 2.39. The summed E-state index contributed by atoms with van der Waals surface area (Å²) in [5, 5.41) is 8.37. The molecule has 168 valence electrons. The number of ether oxygens (including phenoxy) is 1. The minimum Gasteiger partial charge on any atom is -0.494 e. The van der Waals surface area contributed by atoms with Gasteiger partial charge in [0, 0.05) is 31.8 Å². The van der Waals surface area contributed by atoms with Crippen LogP contribution in [-0.2, 0) is 17.9 Å². The van der Waals surface area contributed by atoms with Crippen LogP contribution in [0.5, 0.6) is 5.75 Å². The Labute approximate surface area is 185 Å². The Kier molecular flexibility index (Phi) is 9.84. The molecule has 2 aromatic carbocycles. The van der Waals surface area contributed by atoms with E-state index in [9.17, 15) is 9.59 Å². The number of hydrogen-bond acceptors (Lipinski definition) is 4. The Balaban J connectivity index is 1.92. The predicted octanol–water partition coefficient (Wildman–Crippen LogP) is 4.60. The lowest BCUT2D eigenvalue weighted by atomic mass is 10.1. The van der Waals surface area contributed by atoms with Gasteiger partial charge < -0.3 is 20.7 Å². The van der Waals surface area contributed by atoms with E-state index in [-0.39, 0.29) is 11.9 Å². The number of hydrogen-bond donors (Lipinski definition) is 3. The van der Waals surface area contributed by atoms with Crippen molar-refractivity contribution in [3.63, 3.8) is 0 Å². The van der Waals surface area contributed by atoms with Crippen molar-refractivity contribution < 1.29 is 14.3 Å². The lowest BCUT2D eigenvalue weighted by molar-refractivity contribution is -0.114. The largest absolute Gasteiger partial charge is 0.494 e. The molecular formula is C24H34N4O3. The van der Waals surface area contributed by atoms with Crippen molar-refractivity contribution in [1.82, 2.24) is 10.2 Å². The van der Waals surface area contributed by atoms with Crippen molar-refractivity contribution >= 4 is 23.3 Å². The molecule has 0 aliphatic heterocycles. The van der Waals surface area contributed by atoms with Crippen LogP contribution in [0.25, 0.3) is 0 Å². The van der Waals surface area contributed by atoms with Gasteiger partial charge in [-0.15, -0.1) is 0 Å². The summed E-state index contributed by atoms with van der Waals surface area (Å²) in [5.41, 5.74) is 3.43. The van der Waals surface area contributed by atoms with E-state index >= 15 is 0 Å². The van der Waals surface area contributed by atoms with Gasteiger partial charge >= 0.3 is 6.03 Å². The quantitative estimate of drug-likeness (QED) is 0.490. The summed E-state index contributed by atoms with van der Waals surface area (Å²) < 4.78 is 5.29. The fraction of sp³-hybridized carbons (Fsp3) is 0.417. The molecule has 0 fully saturated rings. The molecule has 31 heavy (non-hydrogen) atoms. The Bertz CT molecular complexity index is 870. The lowest BCUT2D eigenvalue weighted by Crippen LogP contribution is -2.28. The van der Waals surface area contributed by atoms with Gasteiger partial charge in [0.05, 0.1) is 12.8 Å². The van der Waals surface area contributed by atoms with Crippen LogP contribution < -0.4 is 20.7 Å². The zero-order valence-corrected chi connectivity index (χ0v) is 19.0. The lowest BCUT2D eigenvalue weighted by Gasteiger charge is -2.20. The highest BCUT2D eigenvalue weighted by molar-refractivity contribution is 5.93. The molecule has 3 N–H and O–H groups in total. The van der Waals surface area contributed by atoms with Gasteiger partial charge in [0.25, 0.3) is 0 Å². The number of carbonyl (C=O) groups is 2. The Hall–Kier alpha value is -3.06. The summed E-state index contributed by atoms with van der Waals surface area (Å²) in [5.74, 6) is 0.288. The van der Waals surface area contributed by atoms with E-state index in [2.05, 4.69) is 46.8 Å². The predicted molar refractivity (Wildman–Crippen MR) is 125 cm³/mol. The molecule has 0 saturated heterocycles. The van der Waals surface area contributed by atoms with Crippen LogP contribution in [0.2, 0.25) is 0 Å². The molecule has 0 bridgehead atoms.